The van der Waals surface area contributed by atoms with Crippen LogP contribution in [0, 0.1) is 5.82 Å². The molecule has 162 valence electrons. The van der Waals surface area contributed by atoms with Crippen LogP contribution < -0.4 is 10.1 Å². The van der Waals surface area contributed by atoms with Crippen molar-refractivity contribution in [3.63, 3.8) is 0 Å². The molecule has 0 fully saturated rings. The minimum Gasteiger partial charge on any atom is -0.497 e. The van der Waals surface area contributed by atoms with Gasteiger partial charge in [0, 0.05) is 29.7 Å². The average Bonchev–Trinajstić information content (AvgIpc) is 3.21. The third-order valence-electron chi connectivity index (χ3n) is 6.07. The highest BCUT2D eigenvalue weighted by Gasteiger charge is 2.34. The molecule has 2 amide bonds. The molecule has 6 heteroatoms. The summed E-state index contributed by atoms with van der Waals surface area (Å²) in [5.74, 6) is 0.493. The van der Waals surface area contributed by atoms with Crippen LogP contribution in [-0.2, 0) is 13.0 Å². The van der Waals surface area contributed by atoms with Crippen LogP contribution in [0.1, 0.15) is 28.4 Å². The van der Waals surface area contributed by atoms with E-state index in [1.807, 2.05) is 53.4 Å². The Hall–Kier alpha value is -3.80. The van der Waals surface area contributed by atoms with Gasteiger partial charge in [0.15, 0.2) is 0 Å². The van der Waals surface area contributed by atoms with Gasteiger partial charge >= 0.3 is 6.03 Å². The maximum absolute atomic E-state index is 13.7. The summed E-state index contributed by atoms with van der Waals surface area (Å²) in [5, 5.41) is 4.13. The van der Waals surface area contributed by atoms with Crippen molar-refractivity contribution in [2.24, 2.45) is 0 Å². The minimum atomic E-state index is -0.339. The molecule has 0 spiro atoms. The van der Waals surface area contributed by atoms with E-state index in [1.165, 1.54) is 17.7 Å². The molecule has 2 heterocycles. The van der Waals surface area contributed by atoms with Crippen molar-refractivity contribution in [1.82, 2.24) is 15.2 Å². The Bertz CT molecular complexity index is 1250. The normalized spacial score (nSPS) is 15.4. The number of benzene rings is 3. The first-order chi connectivity index (χ1) is 15.6. The predicted octanol–water partition coefficient (Wildman–Crippen LogP) is 5.17. The Morgan fingerprint density at radius 2 is 1.91 bits per heavy atom. The summed E-state index contributed by atoms with van der Waals surface area (Å²) in [6, 6.07) is 21.7. The number of carbonyl (C=O) groups excluding carboxylic acids is 1. The summed E-state index contributed by atoms with van der Waals surface area (Å²) in [6.45, 7) is 1.00. The highest BCUT2D eigenvalue weighted by Crippen LogP contribution is 2.39. The number of aromatic nitrogens is 1. The number of nitrogens with zero attached hydrogens (tertiary/aromatic N) is 1. The topological polar surface area (TPSA) is 57.4 Å². The van der Waals surface area contributed by atoms with Crippen LogP contribution in [-0.4, -0.2) is 29.6 Å². The molecule has 1 aromatic heterocycles. The van der Waals surface area contributed by atoms with Crippen LogP contribution in [0.5, 0.6) is 5.75 Å². The quantitative estimate of drug-likeness (QED) is 0.470. The van der Waals surface area contributed by atoms with Gasteiger partial charge in [-0.1, -0.05) is 42.5 Å². The zero-order valence-corrected chi connectivity index (χ0v) is 17.8. The molecule has 0 aliphatic carbocycles. The number of H-pyrrole nitrogens is 1. The van der Waals surface area contributed by atoms with Crippen molar-refractivity contribution in [2.75, 3.05) is 13.7 Å². The van der Waals surface area contributed by atoms with Crippen molar-refractivity contribution in [1.29, 1.82) is 0 Å². The first kappa shape index (κ1) is 20.1. The van der Waals surface area contributed by atoms with Crippen molar-refractivity contribution in [3.8, 4) is 5.75 Å². The number of ether oxygens (including phenoxy) is 1. The molecular formula is C26H24FN3O2. The van der Waals surface area contributed by atoms with Gasteiger partial charge in [0.2, 0.25) is 0 Å². The van der Waals surface area contributed by atoms with Crippen LogP contribution >= 0.6 is 0 Å². The van der Waals surface area contributed by atoms with E-state index in [4.69, 9.17) is 4.74 Å². The van der Waals surface area contributed by atoms with Gasteiger partial charge in [0.25, 0.3) is 0 Å². The molecule has 2 N–H and O–H groups in total. The Morgan fingerprint density at radius 1 is 1.12 bits per heavy atom. The number of amides is 2. The highest BCUT2D eigenvalue weighted by molar-refractivity contribution is 5.87. The summed E-state index contributed by atoms with van der Waals surface area (Å²) in [7, 11) is 1.65. The molecule has 5 nitrogen and oxygen atoms in total. The first-order valence-corrected chi connectivity index (χ1v) is 10.7. The Labute approximate surface area is 185 Å². The fraction of sp³-hybridized carbons (Fsp3) is 0.192. The van der Waals surface area contributed by atoms with Gasteiger partial charge in [-0.25, -0.2) is 9.18 Å². The third kappa shape index (κ3) is 3.68. The van der Waals surface area contributed by atoms with Crippen LogP contribution in [0.25, 0.3) is 10.9 Å². The van der Waals surface area contributed by atoms with Crippen LogP contribution in [0.15, 0.2) is 72.8 Å². The molecule has 0 saturated carbocycles. The fourth-order valence-electron chi connectivity index (χ4n) is 4.48. The van der Waals surface area contributed by atoms with Gasteiger partial charge in [0.05, 0.1) is 13.2 Å². The van der Waals surface area contributed by atoms with E-state index >= 15 is 0 Å². The second-order valence-electron chi connectivity index (χ2n) is 7.97. The van der Waals surface area contributed by atoms with Gasteiger partial charge in [-0.2, -0.15) is 0 Å². The lowest BCUT2D eigenvalue weighted by Gasteiger charge is -2.36. The van der Waals surface area contributed by atoms with E-state index in [9.17, 15) is 9.18 Å². The Balaban J connectivity index is 1.53. The Morgan fingerprint density at radius 3 is 2.66 bits per heavy atom. The lowest BCUT2D eigenvalue weighted by molar-refractivity contribution is 0.179. The number of rotatable bonds is 4. The molecule has 3 aromatic carbocycles. The SMILES string of the molecule is COc1ccc2[nH]c3c(c2c1)CCN(C(=O)NCc1ccccc1)C3c1ccc(F)cc1. The number of aromatic amines is 1. The standard InChI is InChI=1S/C26H24FN3O2/c1-32-20-11-12-23-22(15-20)21-13-14-30(26(31)28-16-17-5-3-2-4-6-17)25(24(21)29-23)18-7-9-19(27)10-8-18/h2-12,15,25,29H,13-14,16H2,1H3,(H,28,31). The average molecular weight is 429 g/mol. The van der Waals surface area contributed by atoms with Gasteiger partial charge in [-0.15, -0.1) is 0 Å². The number of methoxy groups -OCH3 is 1. The molecule has 32 heavy (non-hydrogen) atoms. The van der Waals surface area contributed by atoms with E-state index in [2.05, 4.69) is 10.3 Å². The number of fused-ring (bicyclic) bond motifs is 3. The minimum absolute atomic E-state index is 0.148. The lowest BCUT2D eigenvalue weighted by atomic mass is 9.92. The predicted molar refractivity (Wildman–Crippen MR) is 122 cm³/mol. The summed E-state index contributed by atoms with van der Waals surface area (Å²) in [6.07, 6.45) is 0.721. The van der Waals surface area contributed by atoms with Crippen LogP contribution in [0.2, 0.25) is 0 Å². The van der Waals surface area contributed by atoms with Crippen molar-refractivity contribution < 1.29 is 13.9 Å². The maximum atomic E-state index is 13.7. The number of halogens is 1. The number of hydrogen-bond acceptors (Lipinski definition) is 2. The number of nitrogens with one attached hydrogen (secondary N) is 2. The first-order valence-electron chi connectivity index (χ1n) is 10.7. The second kappa shape index (κ2) is 8.38. The third-order valence-corrected chi connectivity index (χ3v) is 6.07. The number of carbonyl (C=O) groups is 1. The maximum Gasteiger partial charge on any atom is 0.318 e. The molecule has 0 radical (unpaired) electrons. The fourth-order valence-corrected chi connectivity index (χ4v) is 4.48. The van der Waals surface area contributed by atoms with E-state index in [0.29, 0.717) is 13.1 Å². The molecule has 1 unspecified atom stereocenters. The van der Waals surface area contributed by atoms with Crippen molar-refractivity contribution in [2.45, 2.75) is 19.0 Å². The molecule has 4 aromatic rings. The van der Waals surface area contributed by atoms with Crippen molar-refractivity contribution >= 4 is 16.9 Å². The summed E-state index contributed by atoms with van der Waals surface area (Å²) >= 11 is 0. The second-order valence-corrected chi connectivity index (χ2v) is 7.97. The van der Waals surface area contributed by atoms with Gasteiger partial charge < -0.3 is 19.9 Å². The highest BCUT2D eigenvalue weighted by atomic mass is 19.1. The molecule has 0 bridgehead atoms. The summed E-state index contributed by atoms with van der Waals surface area (Å²) in [4.78, 5) is 18.6. The molecule has 1 aliphatic heterocycles. The van der Waals surface area contributed by atoms with Gasteiger partial charge in [-0.05, 0) is 53.4 Å². The lowest BCUT2D eigenvalue weighted by Crippen LogP contribution is -2.45. The monoisotopic (exact) mass is 429 g/mol. The van der Waals surface area contributed by atoms with Crippen LogP contribution in [0.3, 0.4) is 0 Å². The molecule has 0 saturated heterocycles. The van der Waals surface area contributed by atoms with E-state index in [-0.39, 0.29) is 17.9 Å². The molecule has 5 rings (SSSR count). The summed E-state index contributed by atoms with van der Waals surface area (Å²) in [5.41, 5.74) is 5.02. The van der Waals surface area contributed by atoms with Gasteiger partial charge in [-0.3, -0.25) is 0 Å². The van der Waals surface area contributed by atoms with Crippen molar-refractivity contribution in [3.05, 3.63) is 101 Å². The number of urea groups is 1. The summed E-state index contributed by atoms with van der Waals surface area (Å²) < 4.78 is 19.1. The zero-order chi connectivity index (χ0) is 22.1. The van der Waals surface area contributed by atoms with Gasteiger partial charge in [0.1, 0.15) is 11.6 Å². The van der Waals surface area contributed by atoms with Crippen LogP contribution in [0.4, 0.5) is 9.18 Å². The largest absolute Gasteiger partial charge is 0.497 e. The zero-order valence-electron chi connectivity index (χ0n) is 17.8. The smallest absolute Gasteiger partial charge is 0.318 e. The van der Waals surface area contributed by atoms with E-state index in [1.54, 1.807) is 19.2 Å². The molecular weight excluding hydrogens is 405 g/mol. The molecule has 1 aliphatic rings. The Kier molecular flexibility index (Phi) is 5.27. The van der Waals surface area contributed by atoms with E-state index < -0.39 is 0 Å². The van der Waals surface area contributed by atoms with E-state index in [0.717, 1.165) is 39.9 Å². The number of hydrogen-bond donors (Lipinski definition) is 2. The molecule has 1 atom stereocenters.